The van der Waals surface area contributed by atoms with Gasteiger partial charge in [-0.05, 0) is 37.7 Å². The molecule has 0 aliphatic carbocycles. The van der Waals surface area contributed by atoms with Gasteiger partial charge < -0.3 is 19.5 Å². The minimum Gasteiger partial charge on any atom is -0.486 e. The molecule has 0 bridgehead atoms. The first-order valence-electron chi connectivity index (χ1n) is 11.3. The molecule has 3 heterocycles. The van der Waals surface area contributed by atoms with Gasteiger partial charge in [-0.25, -0.2) is 18.4 Å². The number of nitrogens with one attached hydrogen (secondary N) is 2. The number of halogens is 4. The summed E-state index contributed by atoms with van der Waals surface area (Å²) in [6, 6.07) is 5.27. The van der Waals surface area contributed by atoms with Crippen molar-refractivity contribution in [1.29, 1.82) is 0 Å². The van der Waals surface area contributed by atoms with Gasteiger partial charge in [0.25, 0.3) is 5.91 Å². The van der Waals surface area contributed by atoms with Crippen molar-refractivity contribution in [3.8, 4) is 17.3 Å². The maximum Gasteiger partial charge on any atom is 0.406 e. The van der Waals surface area contributed by atoms with E-state index in [1.54, 1.807) is 0 Å². The van der Waals surface area contributed by atoms with E-state index in [9.17, 15) is 26.4 Å². The van der Waals surface area contributed by atoms with E-state index in [0.717, 1.165) is 36.5 Å². The third-order valence-corrected chi connectivity index (χ3v) is 6.30. The summed E-state index contributed by atoms with van der Waals surface area (Å²) in [6.45, 7) is 0.266. The Bertz CT molecular complexity index is 1430. The summed E-state index contributed by atoms with van der Waals surface area (Å²) in [4.78, 5) is 23.3. The van der Waals surface area contributed by atoms with Crippen LogP contribution in [0.3, 0.4) is 0 Å². The number of likely N-dealkylation sites (N-methyl/N-ethyl adjacent to an activating group) is 1. The van der Waals surface area contributed by atoms with Gasteiger partial charge in [-0.1, -0.05) is 11.6 Å². The van der Waals surface area contributed by atoms with Gasteiger partial charge in [0, 0.05) is 30.0 Å². The van der Waals surface area contributed by atoms with Crippen LogP contribution in [-0.2, 0) is 16.6 Å². The van der Waals surface area contributed by atoms with E-state index in [4.69, 9.17) is 16.3 Å². The van der Waals surface area contributed by atoms with Crippen LogP contribution in [0, 0.1) is 0 Å². The normalized spacial score (nSPS) is 16.4. The highest BCUT2D eigenvalue weighted by atomic mass is 35.5. The average Bonchev–Trinajstić information content (AvgIpc) is 3.37. The molecule has 1 amide bonds. The number of hydrogen-bond acceptors (Lipinski definition) is 7. The Balaban J connectivity index is 1.57. The van der Waals surface area contributed by atoms with Crippen LogP contribution < -0.4 is 14.8 Å². The van der Waals surface area contributed by atoms with E-state index in [0.29, 0.717) is 5.75 Å². The molecule has 0 saturated carbocycles. The first kappa shape index (κ1) is 27.7. The molecule has 1 aromatic carbocycles. The number of benzene rings is 1. The predicted octanol–water partition coefficient (Wildman–Crippen LogP) is 3.87. The largest absolute Gasteiger partial charge is 0.486 e. The van der Waals surface area contributed by atoms with Crippen LogP contribution in [0.25, 0.3) is 11.5 Å². The van der Waals surface area contributed by atoms with Gasteiger partial charge >= 0.3 is 6.18 Å². The lowest BCUT2D eigenvalue weighted by atomic mass is 10.2. The summed E-state index contributed by atoms with van der Waals surface area (Å²) < 4.78 is 71.8. The van der Waals surface area contributed by atoms with Crippen LogP contribution >= 0.6 is 11.6 Å². The van der Waals surface area contributed by atoms with E-state index in [2.05, 4.69) is 24.9 Å². The molecule has 0 radical (unpaired) electrons. The van der Waals surface area contributed by atoms with Crippen molar-refractivity contribution >= 4 is 38.9 Å². The molecule has 1 aliphatic heterocycles. The maximum atomic E-state index is 13.3. The molecule has 3 aromatic rings. The minimum absolute atomic E-state index is 0.0217. The average molecular weight is 573 g/mol. The van der Waals surface area contributed by atoms with Crippen LogP contribution in [0.4, 0.5) is 24.5 Å². The number of rotatable bonds is 8. The summed E-state index contributed by atoms with van der Waals surface area (Å²) in [5, 5.41) is 2.64. The minimum atomic E-state index is -4.57. The lowest BCUT2D eigenvalue weighted by Gasteiger charge is -2.14. The molecule has 2 aromatic heterocycles. The van der Waals surface area contributed by atoms with Crippen molar-refractivity contribution in [2.75, 3.05) is 36.4 Å². The SMILES string of the molecule is CN1CC[C@H](Oc2cnc(-c3cc(C(=O)Nc4cc(Cl)cc(NS(C)(=O)=O)c4)cn3CC(F)(F)F)nc2)C1. The Morgan fingerprint density at radius 3 is 2.47 bits per heavy atom. The third kappa shape index (κ3) is 7.58. The zero-order valence-electron chi connectivity index (χ0n) is 20.3. The first-order chi connectivity index (χ1) is 17.7. The summed E-state index contributed by atoms with van der Waals surface area (Å²) in [6.07, 6.45) is 0.993. The number of hydrogen-bond donors (Lipinski definition) is 2. The zero-order chi connectivity index (χ0) is 27.7. The van der Waals surface area contributed by atoms with Gasteiger partial charge in [-0.15, -0.1) is 0 Å². The predicted molar refractivity (Wildman–Crippen MR) is 136 cm³/mol. The molecule has 1 fully saturated rings. The number of aromatic nitrogens is 3. The molecular formula is C23H24ClF3N6O4S. The van der Waals surface area contributed by atoms with Gasteiger partial charge in [0.05, 0.1) is 35.6 Å². The number of alkyl halides is 3. The van der Waals surface area contributed by atoms with Crippen molar-refractivity contribution in [3.05, 3.63) is 53.4 Å². The smallest absolute Gasteiger partial charge is 0.406 e. The Morgan fingerprint density at radius 1 is 1.18 bits per heavy atom. The highest BCUT2D eigenvalue weighted by Gasteiger charge is 2.30. The van der Waals surface area contributed by atoms with Gasteiger partial charge in [-0.2, -0.15) is 13.2 Å². The Kier molecular flexibility index (Phi) is 7.85. The van der Waals surface area contributed by atoms with Crippen LogP contribution in [-0.4, -0.2) is 72.4 Å². The number of anilines is 2. The van der Waals surface area contributed by atoms with Crippen molar-refractivity contribution in [2.45, 2.75) is 25.2 Å². The third-order valence-electron chi connectivity index (χ3n) is 5.48. The summed E-state index contributed by atoms with van der Waals surface area (Å²) >= 11 is 6.02. The molecule has 1 aliphatic rings. The second-order valence-electron chi connectivity index (χ2n) is 8.95. The maximum absolute atomic E-state index is 13.3. The fourth-order valence-corrected chi connectivity index (χ4v) is 4.76. The summed E-state index contributed by atoms with van der Waals surface area (Å²) in [7, 11) is -1.63. The van der Waals surface area contributed by atoms with Crippen LogP contribution in [0.15, 0.2) is 42.9 Å². The topological polar surface area (TPSA) is 118 Å². The fourth-order valence-electron chi connectivity index (χ4n) is 3.98. The molecule has 2 N–H and O–H groups in total. The van der Waals surface area contributed by atoms with Gasteiger partial charge in [0.15, 0.2) is 11.6 Å². The second-order valence-corrected chi connectivity index (χ2v) is 11.1. The molecule has 1 atom stereocenters. The molecule has 0 spiro atoms. The number of nitrogens with zero attached hydrogens (tertiary/aromatic N) is 4. The Morgan fingerprint density at radius 2 is 1.87 bits per heavy atom. The van der Waals surface area contributed by atoms with Crippen LogP contribution in [0.5, 0.6) is 5.75 Å². The fraction of sp³-hybridized carbons (Fsp3) is 0.348. The number of ether oxygens (including phenoxy) is 1. The lowest BCUT2D eigenvalue weighted by Crippen LogP contribution is -2.21. The van der Waals surface area contributed by atoms with Crippen molar-refractivity contribution in [2.24, 2.45) is 0 Å². The first-order valence-corrected chi connectivity index (χ1v) is 13.6. The number of sulfonamides is 1. The van der Waals surface area contributed by atoms with E-state index in [-0.39, 0.29) is 39.6 Å². The van der Waals surface area contributed by atoms with E-state index >= 15 is 0 Å². The number of likely N-dealkylation sites (tertiary alicyclic amines) is 1. The molecular weight excluding hydrogens is 549 g/mol. The van der Waals surface area contributed by atoms with Crippen LogP contribution in [0.1, 0.15) is 16.8 Å². The van der Waals surface area contributed by atoms with E-state index in [1.807, 2.05) is 7.05 Å². The van der Waals surface area contributed by atoms with Gasteiger partial charge in [0.2, 0.25) is 10.0 Å². The number of carbonyl (C=O) groups excluding carboxylic acids is 1. The zero-order valence-corrected chi connectivity index (χ0v) is 21.9. The molecule has 1 saturated heterocycles. The highest BCUT2D eigenvalue weighted by molar-refractivity contribution is 7.92. The number of carbonyl (C=O) groups is 1. The molecule has 0 unspecified atom stereocenters. The molecule has 15 heteroatoms. The number of amides is 1. The highest BCUT2D eigenvalue weighted by Crippen LogP contribution is 2.28. The Labute approximate surface area is 221 Å². The molecule has 4 rings (SSSR count). The Hall–Kier alpha value is -3.36. The quantitative estimate of drug-likeness (QED) is 0.421. The standard InChI is InChI=1S/C23H24ClF3N6O4S/c1-32-4-3-18(12-32)37-19-9-28-21(29-10-19)20-5-14(11-33(20)13-23(25,26)27)22(34)30-16-6-15(24)7-17(8-16)31-38(2,35)36/h5-11,18,31H,3-4,12-13H2,1-2H3,(H,30,34)/t18-/m0/s1. The van der Waals surface area contributed by atoms with Crippen LogP contribution in [0.2, 0.25) is 5.02 Å². The molecule has 38 heavy (non-hydrogen) atoms. The monoisotopic (exact) mass is 572 g/mol. The lowest BCUT2D eigenvalue weighted by molar-refractivity contribution is -0.140. The second kappa shape index (κ2) is 10.8. The van der Waals surface area contributed by atoms with Gasteiger partial charge in [0.1, 0.15) is 12.6 Å². The van der Waals surface area contributed by atoms with Gasteiger partial charge in [-0.3, -0.25) is 9.52 Å². The molecule has 10 nitrogen and oxygen atoms in total. The summed E-state index contributed by atoms with van der Waals surface area (Å²) in [5.74, 6) is -0.378. The van der Waals surface area contributed by atoms with E-state index in [1.165, 1.54) is 36.7 Å². The van der Waals surface area contributed by atoms with Crippen molar-refractivity contribution in [3.63, 3.8) is 0 Å². The van der Waals surface area contributed by atoms with Crippen molar-refractivity contribution in [1.82, 2.24) is 19.4 Å². The van der Waals surface area contributed by atoms with Crippen molar-refractivity contribution < 1.29 is 31.1 Å². The summed E-state index contributed by atoms with van der Waals surface area (Å²) in [5.41, 5.74) is 0.115. The molecule has 204 valence electrons. The van der Waals surface area contributed by atoms with E-state index < -0.39 is 28.7 Å².